The van der Waals surface area contributed by atoms with Crippen LogP contribution in [0.15, 0.2) is 24.3 Å². The van der Waals surface area contributed by atoms with Crippen LogP contribution in [-0.4, -0.2) is 37.2 Å². The summed E-state index contributed by atoms with van der Waals surface area (Å²) in [5.41, 5.74) is 0.584. The average molecular weight is 270 g/mol. The third-order valence-corrected chi connectivity index (χ3v) is 3.07. The molecule has 0 N–H and O–H groups in total. The summed E-state index contributed by atoms with van der Waals surface area (Å²) >= 11 is 6.08. The van der Waals surface area contributed by atoms with Crippen molar-refractivity contribution in [2.75, 3.05) is 20.3 Å². The highest BCUT2D eigenvalue weighted by molar-refractivity contribution is 6.31. The summed E-state index contributed by atoms with van der Waals surface area (Å²) in [6.45, 7) is 0.456. The average Bonchev–Trinajstić information content (AvgIpc) is 2.83. The van der Waals surface area contributed by atoms with Crippen LogP contribution in [0.4, 0.5) is 4.79 Å². The van der Waals surface area contributed by atoms with Gasteiger partial charge >= 0.3 is 6.09 Å². The molecular weight excluding hydrogens is 258 g/mol. The number of rotatable bonds is 3. The Morgan fingerprint density at radius 1 is 1.56 bits per heavy atom. The molecule has 6 heteroatoms. The minimum absolute atomic E-state index is 0.215. The van der Waals surface area contributed by atoms with E-state index >= 15 is 0 Å². The summed E-state index contributed by atoms with van der Waals surface area (Å²) in [7, 11) is 1.53. The van der Waals surface area contributed by atoms with E-state index in [0.29, 0.717) is 11.3 Å². The van der Waals surface area contributed by atoms with Crippen molar-refractivity contribution in [3.8, 4) is 5.75 Å². The Bertz CT molecular complexity index is 477. The van der Waals surface area contributed by atoms with E-state index in [4.69, 9.17) is 21.1 Å². The van der Waals surface area contributed by atoms with Gasteiger partial charge in [0.2, 0.25) is 0 Å². The summed E-state index contributed by atoms with van der Waals surface area (Å²) in [6.07, 6.45) is -0.645. The van der Waals surface area contributed by atoms with Gasteiger partial charge in [-0.05, 0) is 17.7 Å². The number of hydrogen-bond donors (Lipinski definition) is 0. The molecule has 18 heavy (non-hydrogen) atoms. The topological polar surface area (TPSA) is 55.8 Å². The Kier molecular flexibility index (Phi) is 3.72. The van der Waals surface area contributed by atoms with Crippen molar-refractivity contribution in [3.63, 3.8) is 0 Å². The van der Waals surface area contributed by atoms with Gasteiger partial charge in [0.05, 0.1) is 13.7 Å². The molecule has 1 atom stereocenters. The number of ether oxygens (including phenoxy) is 2. The van der Waals surface area contributed by atoms with Gasteiger partial charge in [0.25, 0.3) is 5.91 Å². The summed E-state index contributed by atoms with van der Waals surface area (Å²) < 4.78 is 9.76. The van der Waals surface area contributed by atoms with Gasteiger partial charge in [0.15, 0.2) is 0 Å². The van der Waals surface area contributed by atoms with Gasteiger partial charge < -0.3 is 9.47 Å². The highest BCUT2D eigenvalue weighted by Crippen LogP contribution is 2.27. The minimum Gasteiger partial charge on any atom is -0.497 e. The SMILES string of the molecule is COc1cccc([C@@H](Cl)C(=O)N2CCOC2=O)c1. The molecule has 1 aromatic carbocycles. The fourth-order valence-electron chi connectivity index (χ4n) is 1.67. The van der Waals surface area contributed by atoms with E-state index < -0.39 is 17.4 Å². The van der Waals surface area contributed by atoms with Crippen molar-refractivity contribution in [2.45, 2.75) is 5.38 Å². The van der Waals surface area contributed by atoms with Crippen LogP contribution in [0, 0.1) is 0 Å². The number of alkyl halides is 1. The molecular formula is C12H12ClNO4. The molecule has 0 radical (unpaired) electrons. The molecule has 96 valence electrons. The number of hydrogen-bond acceptors (Lipinski definition) is 4. The molecule has 0 unspecified atom stereocenters. The molecule has 0 aromatic heterocycles. The number of carbonyl (C=O) groups excluding carboxylic acids is 2. The highest BCUT2D eigenvalue weighted by Gasteiger charge is 2.33. The highest BCUT2D eigenvalue weighted by atomic mass is 35.5. The lowest BCUT2D eigenvalue weighted by Crippen LogP contribution is -2.34. The summed E-state index contributed by atoms with van der Waals surface area (Å²) in [5, 5.41) is -0.925. The molecule has 0 aliphatic carbocycles. The molecule has 1 fully saturated rings. The predicted octanol–water partition coefficient (Wildman–Crippen LogP) is 1.95. The quantitative estimate of drug-likeness (QED) is 0.787. The number of benzene rings is 1. The molecule has 1 aliphatic rings. The van der Waals surface area contributed by atoms with Crippen molar-refractivity contribution in [2.24, 2.45) is 0 Å². The molecule has 1 aliphatic heterocycles. The Labute approximate surface area is 109 Å². The van der Waals surface area contributed by atoms with Crippen LogP contribution in [-0.2, 0) is 9.53 Å². The zero-order valence-corrected chi connectivity index (χ0v) is 10.5. The second kappa shape index (κ2) is 5.27. The van der Waals surface area contributed by atoms with Gasteiger partial charge in [-0.3, -0.25) is 4.79 Å². The van der Waals surface area contributed by atoms with Crippen LogP contribution in [0.2, 0.25) is 0 Å². The summed E-state index contributed by atoms with van der Waals surface area (Å²) in [5.74, 6) is 0.127. The van der Waals surface area contributed by atoms with Gasteiger partial charge in [0, 0.05) is 0 Å². The summed E-state index contributed by atoms with van der Waals surface area (Å²) in [4.78, 5) is 24.3. The maximum absolute atomic E-state index is 12.0. The normalized spacial score (nSPS) is 16.3. The van der Waals surface area contributed by atoms with E-state index in [1.54, 1.807) is 24.3 Å². The lowest BCUT2D eigenvalue weighted by molar-refractivity contribution is -0.127. The van der Waals surface area contributed by atoms with Crippen LogP contribution >= 0.6 is 11.6 Å². The van der Waals surface area contributed by atoms with Crippen molar-refractivity contribution in [3.05, 3.63) is 29.8 Å². The molecule has 0 saturated carbocycles. The van der Waals surface area contributed by atoms with Crippen LogP contribution in [0.3, 0.4) is 0 Å². The monoisotopic (exact) mass is 269 g/mol. The Morgan fingerprint density at radius 2 is 2.33 bits per heavy atom. The van der Waals surface area contributed by atoms with Crippen LogP contribution in [0.5, 0.6) is 5.75 Å². The van der Waals surface area contributed by atoms with Gasteiger partial charge in [-0.2, -0.15) is 0 Å². The lowest BCUT2D eigenvalue weighted by Gasteiger charge is -2.15. The molecule has 0 spiro atoms. The van der Waals surface area contributed by atoms with Gasteiger partial charge in [0.1, 0.15) is 17.7 Å². The molecule has 1 saturated heterocycles. The Morgan fingerprint density at radius 3 is 2.94 bits per heavy atom. The molecule has 2 rings (SSSR count). The zero-order chi connectivity index (χ0) is 13.1. The van der Waals surface area contributed by atoms with Crippen molar-refractivity contribution >= 4 is 23.6 Å². The summed E-state index contributed by atoms with van der Waals surface area (Å²) in [6, 6.07) is 6.86. The van der Waals surface area contributed by atoms with E-state index in [1.165, 1.54) is 7.11 Å². The first-order valence-electron chi connectivity index (χ1n) is 5.39. The Balaban J connectivity index is 2.17. The molecule has 1 heterocycles. The van der Waals surface area contributed by atoms with E-state index in [-0.39, 0.29) is 13.2 Å². The largest absolute Gasteiger partial charge is 0.497 e. The zero-order valence-electron chi connectivity index (χ0n) is 9.76. The van der Waals surface area contributed by atoms with E-state index in [2.05, 4.69) is 0 Å². The maximum atomic E-state index is 12.0. The van der Waals surface area contributed by atoms with Crippen LogP contribution in [0.25, 0.3) is 0 Å². The van der Waals surface area contributed by atoms with Gasteiger partial charge in [-0.15, -0.1) is 11.6 Å². The first-order chi connectivity index (χ1) is 8.63. The van der Waals surface area contributed by atoms with E-state index in [0.717, 1.165) is 4.90 Å². The van der Waals surface area contributed by atoms with Crippen molar-refractivity contribution in [1.29, 1.82) is 0 Å². The fraction of sp³-hybridized carbons (Fsp3) is 0.333. The molecule has 1 aromatic rings. The number of cyclic esters (lactones) is 1. The van der Waals surface area contributed by atoms with Crippen LogP contribution in [0.1, 0.15) is 10.9 Å². The number of amides is 2. The maximum Gasteiger partial charge on any atom is 0.416 e. The fourth-order valence-corrected chi connectivity index (χ4v) is 1.93. The number of nitrogens with zero attached hydrogens (tertiary/aromatic N) is 1. The number of halogens is 1. The van der Waals surface area contributed by atoms with E-state index in [1.807, 2.05) is 0 Å². The van der Waals surface area contributed by atoms with Crippen molar-refractivity contribution in [1.82, 2.24) is 4.90 Å². The Hall–Kier alpha value is -1.75. The molecule has 2 amide bonds. The molecule has 0 bridgehead atoms. The minimum atomic E-state index is -0.925. The lowest BCUT2D eigenvalue weighted by atomic mass is 10.1. The van der Waals surface area contributed by atoms with Gasteiger partial charge in [-0.1, -0.05) is 12.1 Å². The van der Waals surface area contributed by atoms with Gasteiger partial charge in [-0.25, -0.2) is 9.69 Å². The number of carbonyl (C=O) groups is 2. The number of methoxy groups -OCH3 is 1. The predicted molar refractivity (Wildman–Crippen MR) is 64.6 cm³/mol. The second-order valence-corrected chi connectivity index (χ2v) is 4.18. The second-order valence-electron chi connectivity index (χ2n) is 3.74. The third kappa shape index (κ3) is 2.41. The first-order valence-corrected chi connectivity index (χ1v) is 5.83. The first kappa shape index (κ1) is 12.7. The molecule has 5 nitrogen and oxygen atoms in total. The van der Waals surface area contributed by atoms with Crippen molar-refractivity contribution < 1.29 is 19.1 Å². The number of imide groups is 1. The smallest absolute Gasteiger partial charge is 0.416 e. The standard InChI is InChI=1S/C12H12ClNO4/c1-17-9-4-2-3-8(7-9)10(13)11(15)14-5-6-18-12(14)16/h2-4,7,10H,5-6H2,1H3/t10-/m1/s1. The van der Waals surface area contributed by atoms with E-state index in [9.17, 15) is 9.59 Å². The third-order valence-electron chi connectivity index (χ3n) is 2.63. The van der Waals surface area contributed by atoms with Crippen LogP contribution < -0.4 is 4.74 Å².